The molecule has 142 valence electrons. The van der Waals surface area contributed by atoms with Gasteiger partial charge in [0.25, 0.3) is 0 Å². The summed E-state index contributed by atoms with van der Waals surface area (Å²) in [4.78, 5) is 29.0. The van der Waals surface area contributed by atoms with Crippen molar-refractivity contribution in [2.75, 3.05) is 6.26 Å². The molecule has 0 bridgehead atoms. The van der Waals surface area contributed by atoms with Crippen LogP contribution in [0.3, 0.4) is 0 Å². The van der Waals surface area contributed by atoms with Crippen molar-refractivity contribution in [2.24, 2.45) is 5.73 Å². The first-order valence-electron chi connectivity index (χ1n) is 7.47. The van der Waals surface area contributed by atoms with Crippen LogP contribution in [0.4, 0.5) is 0 Å². The molecule has 0 spiro atoms. The molecule has 27 heavy (non-hydrogen) atoms. The van der Waals surface area contributed by atoms with Crippen LogP contribution in [-0.4, -0.2) is 48.4 Å². The summed E-state index contributed by atoms with van der Waals surface area (Å²) in [5, 5.41) is 25.3. The van der Waals surface area contributed by atoms with Gasteiger partial charge < -0.3 is 15.9 Å². The van der Waals surface area contributed by atoms with Crippen LogP contribution in [0.25, 0.3) is 0 Å². The second kappa shape index (κ2) is 11.0. The maximum absolute atomic E-state index is 10.6. The van der Waals surface area contributed by atoms with E-state index in [9.17, 15) is 9.59 Å². The SMILES string of the molecule is CSC(=N)Cc1cncc(C(=O)O)c1.NC(=S)Cc1cncc(C(=O)O)c1. The molecule has 2 aromatic heterocycles. The number of hydrogen-bond donors (Lipinski definition) is 4. The Hall–Kier alpha value is -2.85. The van der Waals surface area contributed by atoms with E-state index in [1.165, 1.54) is 30.2 Å². The summed E-state index contributed by atoms with van der Waals surface area (Å²) in [5.74, 6) is -1.99. The van der Waals surface area contributed by atoms with Crippen molar-refractivity contribution in [3.05, 3.63) is 59.2 Å². The molecule has 2 aromatic rings. The molecule has 10 heteroatoms. The minimum absolute atomic E-state index is 0.147. The first kappa shape index (κ1) is 22.2. The van der Waals surface area contributed by atoms with Gasteiger partial charge in [-0.1, -0.05) is 12.2 Å². The molecular weight excluding hydrogens is 388 g/mol. The third kappa shape index (κ3) is 8.38. The predicted octanol–water partition coefficient (Wildman–Crippen LogP) is 2.27. The summed E-state index contributed by atoms with van der Waals surface area (Å²) in [6, 6.07) is 3.05. The largest absolute Gasteiger partial charge is 0.478 e. The number of aromatic carboxylic acids is 2. The van der Waals surface area contributed by atoms with Crippen LogP contribution < -0.4 is 5.73 Å². The summed E-state index contributed by atoms with van der Waals surface area (Å²) < 4.78 is 0. The van der Waals surface area contributed by atoms with Crippen molar-refractivity contribution in [1.82, 2.24) is 9.97 Å². The van der Waals surface area contributed by atoms with E-state index < -0.39 is 11.9 Å². The number of nitrogens with zero attached hydrogens (tertiary/aromatic N) is 2. The van der Waals surface area contributed by atoms with E-state index in [0.29, 0.717) is 28.4 Å². The number of aromatic nitrogens is 2. The third-order valence-electron chi connectivity index (χ3n) is 3.07. The predicted molar refractivity (Wildman–Crippen MR) is 108 cm³/mol. The number of rotatable bonds is 6. The fourth-order valence-electron chi connectivity index (χ4n) is 1.86. The van der Waals surface area contributed by atoms with E-state index in [1.807, 2.05) is 6.26 Å². The smallest absolute Gasteiger partial charge is 0.337 e. The molecule has 0 atom stereocenters. The van der Waals surface area contributed by atoms with Crippen molar-refractivity contribution < 1.29 is 19.8 Å². The topological polar surface area (TPSA) is 150 Å². The van der Waals surface area contributed by atoms with Crippen molar-refractivity contribution in [3.63, 3.8) is 0 Å². The van der Waals surface area contributed by atoms with Gasteiger partial charge >= 0.3 is 11.9 Å². The molecule has 0 amide bonds. The second-order valence-electron chi connectivity index (χ2n) is 5.22. The lowest BCUT2D eigenvalue weighted by Crippen LogP contribution is -2.11. The molecule has 0 fully saturated rings. The Morgan fingerprint density at radius 2 is 1.48 bits per heavy atom. The molecule has 5 N–H and O–H groups in total. The fourth-order valence-corrected chi connectivity index (χ4v) is 2.34. The highest BCUT2D eigenvalue weighted by molar-refractivity contribution is 8.13. The molecule has 2 heterocycles. The van der Waals surface area contributed by atoms with Crippen LogP contribution in [-0.2, 0) is 12.8 Å². The standard InChI is InChI=1S/C9H10N2O2S.C8H8N2O2S/c1-14-8(10)3-6-2-7(9(12)13)5-11-4-6;9-7(13)2-5-1-6(8(11)12)4-10-3-5/h2,4-5,10H,3H2,1H3,(H,12,13);1,3-4H,2H2,(H2,9,13)(H,11,12). The lowest BCUT2D eigenvalue weighted by Gasteiger charge is -2.01. The second-order valence-corrected chi connectivity index (χ2v) is 6.65. The van der Waals surface area contributed by atoms with Gasteiger partial charge in [-0.3, -0.25) is 15.4 Å². The molecule has 0 aliphatic rings. The maximum atomic E-state index is 10.6. The summed E-state index contributed by atoms with van der Waals surface area (Å²) in [5.41, 5.74) is 7.09. The molecular formula is C17H18N4O4S2. The van der Waals surface area contributed by atoms with Crippen LogP contribution in [0.2, 0.25) is 0 Å². The number of thiocarbonyl (C=S) groups is 1. The number of carbonyl (C=O) groups is 2. The van der Waals surface area contributed by atoms with Crippen LogP contribution in [0.1, 0.15) is 31.8 Å². The van der Waals surface area contributed by atoms with Crippen LogP contribution in [0.15, 0.2) is 36.9 Å². The average Bonchev–Trinajstić information content (AvgIpc) is 2.62. The van der Waals surface area contributed by atoms with Gasteiger partial charge in [0.05, 0.1) is 21.2 Å². The third-order valence-corrected chi connectivity index (χ3v) is 3.85. The van der Waals surface area contributed by atoms with E-state index in [0.717, 1.165) is 5.56 Å². The molecule has 8 nitrogen and oxygen atoms in total. The number of pyridine rings is 2. The number of thioether (sulfide) groups is 1. The highest BCUT2D eigenvalue weighted by Gasteiger charge is 2.05. The highest BCUT2D eigenvalue weighted by Crippen LogP contribution is 2.08. The zero-order chi connectivity index (χ0) is 20.4. The molecule has 0 aliphatic heterocycles. The van der Waals surface area contributed by atoms with Gasteiger partial charge in [-0.2, -0.15) is 0 Å². The molecule has 0 saturated carbocycles. The number of nitrogens with one attached hydrogen (secondary N) is 1. The van der Waals surface area contributed by atoms with Gasteiger partial charge in [0.1, 0.15) is 0 Å². The first-order valence-corrected chi connectivity index (χ1v) is 9.10. The summed E-state index contributed by atoms with van der Waals surface area (Å²) in [6.45, 7) is 0. The monoisotopic (exact) mass is 406 g/mol. The Balaban J connectivity index is 0.000000271. The number of nitrogens with two attached hydrogens (primary N) is 1. The zero-order valence-corrected chi connectivity index (χ0v) is 16.0. The fraction of sp³-hybridized carbons (Fsp3) is 0.176. The molecule has 2 rings (SSSR count). The number of carboxylic acid groups (broad SMARTS) is 2. The van der Waals surface area contributed by atoms with E-state index in [2.05, 4.69) is 22.2 Å². The zero-order valence-electron chi connectivity index (χ0n) is 14.4. The molecule has 0 saturated heterocycles. The first-order chi connectivity index (χ1) is 12.7. The normalized spacial score (nSPS) is 9.67. The quantitative estimate of drug-likeness (QED) is 0.322. The van der Waals surface area contributed by atoms with E-state index in [4.69, 9.17) is 21.4 Å². The van der Waals surface area contributed by atoms with Crippen molar-refractivity contribution in [1.29, 1.82) is 5.41 Å². The Bertz CT molecular complexity index is 858. The Labute approximate surface area is 165 Å². The Morgan fingerprint density at radius 1 is 1.04 bits per heavy atom. The van der Waals surface area contributed by atoms with Crippen molar-refractivity contribution in [2.45, 2.75) is 12.8 Å². The molecule has 0 aliphatic carbocycles. The number of hydrogen-bond acceptors (Lipinski definition) is 7. The lowest BCUT2D eigenvalue weighted by atomic mass is 10.1. The summed E-state index contributed by atoms with van der Waals surface area (Å²) >= 11 is 6.03. The van der Waals surface area contributed by atoms with Crippen LogP contribution in [0, 0.1) is 5.41 Å². The highest BCUT2D eigenvalue weighted by atomic mass is 32.2. The minimum Gasteiger partial charge on any atom is -0.478 e. The van der Waals surface area contributed by atoms with Gasteiger partial charge in [0.2, 0.25) is 0 Å². The Morgan fingerprint density at radius 3 is 1.85 bits per heavy atom. The van der Waals surface area contributed by atoms with E-state index in [1.54, 1.807) is 18.5 Å². The van der Waals surface area contributed by atoms with E-state index in [-0.39, 0.29) is 11.1 Å². The maximum Gasteiger partial charge on any atom is 0.337 e. The average molecular weight is 406 g/mol. The summed E-state index contributed by atoms with van der Waals surface area (Å²) in [6.07, 6.45) is 8.35. The number of carboxylic acids is 2. The van der Waals surface area contributed by atoms with Crippen LogP contribution >= 0.6 is 24.0 Å². The summed E-state index contributed by atoms with van der Waals surface area (Å²) in [7, 11) is 0. The van der Waals surface area contributed by atoms with Gasteiger partial charge in [0.15, 0.2) is 0 Å². The molecule has 0 aromatic carbocycles. The Kier molecular flexibility index (Phi) is 9.03. The van der Waals surface area contributed by atoms with Gasteiger partial charge in [-0.25, -0.2) is 9.59 Å². The van der Waals surface area contributed by atoms with Gasteiger partial charge in [-0.15, -0.1) is 11.8 Å². The minimum atomic E-state index is -1.00. The lowest BCUT2D eigenvalue weighted by molar-refractivity contribution is 0.0685. The molecule has 0 unspecified atom stereocenters. The van der Waals surface area contributed by atoms with E-state index >= 15 is 0 Å². The van der Waals surface area contributed by atoms with Gasteiger partial charge in [-0.05, 0) is 29.5 Å². The van der Waals surface area contributed by atoms with Crippen molar-refractivity contribution in [3.8, 4) is 0 Å². The molecule has 0 radical (unpaired) electrons. The van der Waals surface area contributed by atoms with Crippen LogP contribution in [0.5, 0.6) is 0 Å². The van der Waals surface area contributed by atoms with Crippen molar-refractivity contribution >= 4 is 46.0 Å². The van der Waals surface area contributed by atoms with Gasteiger partial charge in [0, 0.05) is 37.6 Å².